The molecule has 8 heteroatoms. The van der Waals surface area contributed by atoms with E-state index in [1.807, 2.05) is 43.2 Å². The summed E-state index contributed by atoms with van der Waals surface area (Å²) < 4.78 is 17.2. The summed E-state index contributed by atoms with van der Waals surface area (Å²) in [7, 11) is 0. The minimum absolute atomic E-state index is 0.0302. The van der Waals surface area contributed by atoms with E-state index in [1.165, 1.54) is 11.3 Å². The monoisotopic (exact) mass is 446 g/mol. The molecule has 1 aliphatic rings. The highest BCUT2D eigenvalue weighted by Crippen LogP contribution is 2.39. The molecule has 1 fully saturated rings. The van der Waals surface area contributed by atoms with E-state index >= 15 is 0 Å². The van der Waals surface area contributed by atoms with Gasteiger partial charge >= 0.3 is 0 Å². The molecule has 1 aromatic carbocycles. The van der Waals surface area contributed by atoms with Crippen molar-refractivity contribution in [3.8, 4) is 17.2 Å². The van der Waals surface area contributed by atoms with E-state index in [4.69, 9.17) is 14.2 Å². The Hall–Kier alpha value is -2.74. The second-order valence-electron chi connectivity index (χ2n) is 7.02. The molecule has 0 radical (unpaired) electrons. The van der Waals surface area contributed by atoms with Gasteiger partial charge in [0.25, 0.3) is 11.8 Å². The molecule has 1 aliphatic heterocycles. The lowest BCUT2D eigenvalue weighted by Gasteiger charge is -2.23. The third kappa shape index (κ3) is 5.50. The molecule has 0 spiro atoms. The van der Waals surface area contributed by atoms with Crippen molar-refractivity contribution >= 4 is 23.2 Å². The molecule has 0 bridgehead atoms. The molecule has 2 amide bonds. The molecule has 7 nitrogen and oxygen atoms in total. The molecule has 168 valence electrons. The van der Waals surface area contributed by atoms with Crippen molar-refractivity contribution in [2.24, 2.45) is 0 Å². The van der Waals surface area contributed by atoms with Gasteiger partial charge in [-0.2, -0.15) is 0 Å². The Kier molecular flexibility index (Phi) is 8.17. The quantitative estimate of drug-likeness (QED) is 0.615. The van der Waals surface area contributed by atoms with Gasteiger partial charge in [-0.15, -0.1) is 11.3 Å². The lowest BCUT2D eigenvalue weighted by Crippen LogP contribution is -2.37. The molecule has 0 atom stereocenters. The first-order chi connectivity index (χ1) is 15.1. The lowest BCUT2D eigenvalue weighted by molar-refractivity contribution is 0.0720. The Morgan fingerprint density at radius 3 is 1.97 bits per heavy atom. The van der Waals surface area contributed by atoms with E-state index in [0.29, 0.717) is 68.8 Å². The first-order valence-corrected chi connectivity index (χ1v) is 11.6. The Morgan fingerprint density at radius 2 is 1.45 bits per heavy atom. The van der Waals surface area contributed by atoms with Gasteiger partial charge in [0.1, 0.15) is 0 Å². The topological polar surface area (TPSA) is 68.3 Å². The van der Waals surface area contributed by atoms with Crippen LogP contribution in [-0.4, -0.2) is 67.6 Å². The fraction of sp³-hybridized carbons (Fsp3) is 0.478. The van der Waals surface area contributed by atoms with Gasteiger partial charge in [0.15, 0.2) is 11.5 Å². The van der Waals surface area contributed by atoms with Crippen molar-refractivity contribution < 1.29 is 23.8 Å². The maximum Gasteiger partial charge on any atom is 0.263 e. The normalized spacial score (nSPS) is 14.2. The molecule has 0 unspecified atom stereocenters. The van der Waals surface area contributed by atoms with Crippen molar-refractivity contribution in [1.29, 1.82) is 0 Å². The summed E-state index contributed by atoms with van der Waals surface area (Å²) in [6, 6.07) is 7.16. The number of amides is 2. The summed E-state index contributed by atoms with van der Waals surface area (Å²) >= 11 is 1.44. The number of ether oxygens (including phenoxy) is 3. The second kappa shape index (κ2) is 11.0. The van der Waals surface area contributed by atoms with Crippen LogP contribution in [0.3, 0.4) is 0 Å². The lowest BCUT2D eigenvalue weighted by atomic mass is 10.1. The third-order valence-corrected chi connectivity index (χ3v) is 5.82. The predicted octanol–water partition coefficient (Wildman–Crippen LogP) is 3.93. The van der Waals surface area contributed by atoms with Gasteiger partial charge in [-0.25, -0.2) is 0 Å². The van der Waals surface area contributed by atoms with Gasteiger partial charge in [-0.05, 0) is 50.8 Å². The zero-order chi connectivity index (χ0) is 22.2. The fourth-order valence-electron chi connectivity index (χ4n) is 3.57. The van der Waals surface area contributed by atoms with Gasteiger partial charge in [-0.1, -0.05) is 6.07 Å². The number of hydrogen-bond donors (Lipinski definition) is 0. The fourth-order valence-corrected chi connectivity index (χ4v) is 4.27. The first kappa shape index (κ1) is 22.9. The molecule has 31 heavy (non-hydrogen) atoms. The molecule has 0 N–H and O–H groups in total. The number of carbonyl (C=O) groups excluding carboxylic acids is 2. The van der Waals surface area contributed by atoms with E-state index < -0.39 is 0 Å². The first-order valence-electron chi connectivity index (χ1n) is 10.8. The maximum atomic E-state index is 13.3. The van der Waals surface area contributed by atoms with E-state index in [-0.39, 0.29) is 11.8 Å². The van der Waals surface area contributed by atoms with E-state index in [2.05, 4.69) is 0 Å². The minimum Gasteiger partial charge on any atom is -0.490 e. The van der Waals surface area contributed by atoms with Crippen LogP contribution in [0.2, 0.25) is 0 Å². The molecule has 1 aromatic heterocycles. The van der Waals surface area contributed by atoms with E-state index in [9.17, 15) is 9.59 Å². The largest absolute Gasteiger partial charge is 0.490 e. The molecule has 0 saturated carbocycles. The number of hydrogen-bond acceptors (Lipinski definition) is 6. The number of rotatable bonds is 8. The van der Waals surface area contributed by atoms with Gasteiger partial charge < -0.3 is 24.0 Å². The number of nitrogens with zero attached hydrogens (tertiary/aromatic N) is 2. The minimum atomic E-state index is -0.102. The van der Waals surface area contributed by atoms with Crippen molar-refractivity contribution in [3.63, 3.8) is 0 Å². The Labute approximate surface area is 187 Å². The van der Waals surface area contributed by atoms with Crippen LogP contribution >= 0.6 is 11.3 Å². The molecular weight excluding hydrogens is 416 g/mol. The van der Waals surface area contributed by atoms with Gasteiger partial charge in [0.2, 0.25) is 5.75 Å². The average Bonchev–Trinajstić information content (AvgIpc) is 3.20. The summed E-state index contributed by atoms with van der Waals surface area (Å²) in [5, 5.41) is 1.90. The molecule has 2 heterocycles. The van der Waals surface area contributed by atoms with Crippen LogP contribution in [-0.2, 0) is 0 Å². The zero-order valence-corrected chi connectivity index (χ0v) is 19.2. The van der Waals surface area contributed by atoms with Crippen molar-refractivity contribution in [2.75, 3.05) is 46.0 Å². The van der Waals surface area contributed by atoms with Crippen molar-refractivity contribution in [3.05, 3.63) is 40.1 Å². The molecule has 0 aliphatic carbocycles. The number of carbonyl (C=O) groups is 2. The van der Waals surface area contributed by atoms with Crippen LogP contribution in [0.5, 0.6) is 17.2 Å². The van der Waals surface area contributed by atoms with E-state index in [0.717, 1.165) is 11.3 Å². The number of benzene rings is 1. The third-order valence-electron chi connectivity index (χ3n) is 4.96. The smallest absolute Gasteiger partial charge is 0.263 e. The highest BCUT2D eigenvalue weighted by Gasteiger charge is 2.26. The summed E-state index contributed by atoms with van der Waals surface area (Å²) in [5.41, 5.74) is 0.494. The van der Waals surface area contributed by atoms with Crippen molar-refractivity contribution in [2.45, 2.75) is 27.2 Å². The second-order valence-corrected chi connectivity index (χ2v) is 7.96. The van der Waals surface area contributed by atoms with Gasteiger partial charge in [0.05, 0.1) is 24.7 Å². The maximum absolute atomic E-state index is 13.3. The zero-order valence-electron chi connectivity index (χ0n) is 18.4. The summed E-state index contributed by atoms with van der Waals surface area (Å²) in [4.78, 5) is 30.3. The molecular formula is C23H30N2O5S. The van der Waals surface area contributed by atoms with Crippen LogP contribution < -0.4 is 14.2 Å². The van der Waals surface area contributed by atoms with Gasteiger partial charge in [0, 0.05) is 31.7 Å². The van der Waals surface area contributed by atoms with Gasteiger partial charge in [-0.3, -0.25) is 9.59 Å². The predicted molar refractivity (Wildman–Crippen MR) is 121 cm³/mol. The average molecular weight is 447 g/mol. The highest BCUT2D eigenvalue weighted by molar-refractivity contribution is 7.12. The summed E-state index contributed by atoms with van der Waals surface area (Å²) in [6.07, 6.45) is 0.733. The van der Waals surface area contributed by atoms with Crippen LogP contribution in [0.4, 0.5) is 0 Å². The van der Waals surface area contributed by atoms with Crippen LogP contribution in [0.1, 0.15) is 47.2 Å². The summed E-state index contributed by atoms with van der Waals surface area (Å²) in [6.45, 7) is 9.26. The molecule has 3 rings (SSSR count). The van der Waals surface area contributed by atoms with E-state index in [1.54, 1.807) is 17.0 Å². The Bertz CT molecular complexity index is 857. The SMILES string of the molecule is CCOc1cc(C(=O)N2CCCN(C(=O)c3cccs3)CC2)cc(OCC)c1OCC. The standard InChI is InChI=1S/C23H30N2O5S/c1-4-28-18-15-17(16-19(29-5-2)21(18)30-6-3)22(26)24-10-8-11-25(13-12-24)23(27)20-9-7-14-31-20/h7,9,14-16H,4-6,8,10-13H2,1-3H3. The Morgan fingerprint density at radius 1 is 0.871 bits per heavy atom. The summed E-state index contributed by atoms with van der Waals surface area (Å²) in [5.74, 6) is 1.45. The van der Waals surface area contributed by atoms with Crippen LogP contribution in [0.25, 0.3) is 0 Å². The molecule has 1 saturated heterocycles. The van der Waals surface area contributed by atoms with Crippen LogP contribution in [0, 0.1) is 0 Å². The molecule has 2 aromatic rings. The van der Waals surface area contributed by atoms with Crippen molar-refractivity contribution in [1.82, 2.24) is 9.80 Å². The Balaban J connectivity index is 1.79. The highest BCUT2D eigenvalue weighted by atomic mass is 32.1. The number of thiophene rings is 1. The van der Waals surface area contributed by atoms with Crippen LogP contribution in [0.15, 0.2) is 29.6 Å².